The van der Waals surface area contributed by atoms with Gasteiger partial charge < -0.3 is 0 Å². The molecule has 0 amide bonds. The lowest BCUT2D eigenvalue weighted by Crippen LogP contribution is -2.22. The fourth-order valence-electron chi connectivity index (χ4n) is 2.20. The van der Waals surface area contributed by atoms with Crippen LogP contribution in [0.4, 0.5) is 0 Å². The molecule has 0 aliphatic rings. The topological polar surface area (TPSA) is 35.5 Å². The third-order valence-corrected chi connectivity index (χ3v) is 5.40. The molecule has 0 aromatic heterocycles. The number of hydrogen-bond acceptors (Lipinski definition) is 3. The molecule has 2 aromatic rings. The second kappa shape index (κ2) is 7.51. The van der Waals surface area contributed by atoms with Gasteiger partial charge in [0, 0.05) is 14.6 Å². The summed E-state index contributed by atoms with van der Waals surface area (Å²) in [4.78, 5) is 0. The Labute approximate surface area is 153 Å². The highest BCUT2D eigenvalue weighted by molar-refractivity contribution is 7.33. The molecule has 0 N–H and O–H groups in total. The minimum absolute atomic E-state index is 0.638. The van der Waals surface area contributed by atoms with Crippen molar-refractivity contribution in [3.05, 3.63) is 69.7 Å². The van der Waals surface area contributed by atoms with Gasteiger partial charge in [0.1, 0.15) is 11.2 Å². The van der Waals surface area contributed by atoms with Gasteiger partial charge in [-0.1, -0.05) is 47.5 Å². The SMILES string of the molecule is CC(C)(O[P+](=O)OC(C)(C)c1ccc(Cl)cc1)c1ccc(Cl)cc1. The molecular weight excluding hydrogens is 366 g/mol. The van der Waals surface area contributed by atoms with E-state index in [9.17, 15) is 4.57 Å². The third kappa shape index (κ3) is 5.02. The van der Waals surface area contributed by atoms with E-state index in [0.29, 0.717) is 10.0 Å². The van der Waals surface area contributed by atoms with Crippen LogP contribution in [0, 0.1) is 0 Å². The van der Waals surface area contributed by atoms with Gasteiger partial charge in [-0.2, -0.15) is 0 Å². The predicted octanol–water partition coefficient (Wildman–Crippen LogP) is 6.85. The smallest absolute Gasteiger partial charge is 0.108 e. The third-order valence-electron chi connectivity index (χ3n) is 3.68. The number of hydrogen-bond donors (Lipinski definition) is 0. The van der Waals surface area contributed by atoms with Crippen LogP contribution in [0.5, 0.6) is 0 Å². The first kappa shape index (κ1) is 19.4. The van der Waals surface area contributed by atoms with Crippen molar-refractivity contribution in [2.24, 2.45) is 0 Å². The molecule has 0 atom stereocenters. The molecule has 0 saturated heterocycles. The van der Waals surface area contributed by atoms with Gasteiger partial charge in [0.15, 0.2) is 0 Å². The quantitative estimate of drug-likeness (QED) is 0.509. The zero-order valence-electron chi connectivity index (χ0n) is 14.0. The summed E-state index contributed by atoms with van der Waals surface area (Å²) >= 11 is 11.8. The molecule has 0 aliphatic carbocycles. The van der Waals surface area contributed by atoms with Crippen molar-refractivity contribution < 1.29 is 13.6 Å². The van der Waals surface area contributed by atoms with Gasteiger partial charge in [-0.15, -0.1) is 9.05 Å². The molecule has 128 valence electrons. The molecule has 0 heterocycles. The Morgan fingerprint density at radius 2 is 1.00 bits per heavy atom. The summed E-state index contributed by atoms with van der Waals surface area (Å²) < 4.78 is 23.7. The lowest BCUT2D eigenvalue weighted by Gasteiger charge is -2.21. The molecule has 2 aromatic carbocycles. The summed E-state index contributed by atoms with van der Waals surface area (Å²) in [5.41, 5.74) is 0.189. The van der Waals surface area contributed by atoms with Gasteiger partial charge in [-0.05, 0) is 63.1 Å². The summed E-state index contributed by atoms with van der Waals surface area (Å²) in [5, 5.41) is 1.28. The lowest BCUT2D eigenvalue weighted by molar-refractivity contribution is 0.0422. The molecule has 0 bridgehead atoms. The first-order chi connectivity index (χ1) is 11.1. The summed E-state index contributed by atoms with van der Waals surface area (Å²) in [6.07, 6.45) is 0. The molecule has 3 nitrogen and oxygen atoms in total. The highest BCUT2D eigenvalue weighted by Gasteiger charge is 2.41. The molecule has 0 saturated carbocycles. The van der Waals surface area contributed by atoms with Crippen molar-refractivity contribution in [2.75, 3.05) is 0 Å². The van der Waals surface area contributed by atoms with Crippen molar-refractivity contribution >= 4 is 31.5 Å². The largest absolute Gasteiger partial charge is 0.699 e. The summed E-state index contributed by atoms with van der Waals surface area (Å²) in [6.45, 7) is 7.34. The monoisotopic (exact) mass is 385 g/mol. The van der Waals surface area contributed by atoms with Crippen molar-refractivity contribution in [2.45, 2.75) is 38.9 Å². The lowest BCUT2D eigenvalue weighted by atomic mass is 9.99. The zero-order valence-corrected chi connectivity index (χ0v) is 16.5. The van der Waals surface area contributed by atoms with Crippen LogP contribution >= 0.6 is 31.5 Å². The van der Waals surface area contributed by atoms with Crippen LogP contribution in [0.1, 0.15) is 38.8 Å². The molecule has 2 rings (SSSR count). The van der Waals surface area contributed by atoms with E-state index in [1.807, 2.05) is 52.0 Å². The molecule has 6 heteroatoms. The van der Waals surface area contributed by atoms with E-state index < -0.39 is 19.5 Å². The summed E-state index contributed by atoms with van der Waals surface area (Å²) in [7, 11) is -2.34. The van der Waals surface area contributed by atoms with Crippen molar-refractivity contribution in [3.63, 3.8) is 0 Å². The minimum atomic E-state index is -2.34. The zero-order chi connectivity index (χ0) is 18.0. The van der Waals surface area contributed by atoms with Crippen LogP contribution in [0.25, 0.3) is 0 Å². The molecule has 0 aliphatic heterocycles. The maximum Gasteiger partial charge on any atom is 0.699 e. The van der Waals surface area contributed by atoms with Gasteiger partial charge in [0.2, 0.25) is 0 Å². The molecular formula is C18H20Cl2O3P+. The molecule has 0 radical (unpaired) electrons. The van der Waals surface area contributed by atoms with E-state index in [1.165, 1.54) is 0 Å². The molecule has 24 heavy (non-hydrogen) atoms. The van der Waals surface area contributed by atoms with Gasteiger partial charge in [-0.3, -0.25) is 0 Å². The minimum Gasteiger partial charge on any atom is -0.108 e. The fourth-order valence-corrected chi connectivity index (χ4v) is 3.44. The maximum absolute atomic E-state index is 12.4. The number of rotatable bonds is 6. The van der Waals surface area contributed by atoms with E-state index >= 15 is 0 Å². The van der Waals surface area contributed by atoms with Gasteiger partial charge >= 0.3 is 8.25 Å². The number of benzene rings is 2. The van der Waals surface area contributed by atoms with Crippen LogP contribution in [-0.4, -0.2) is 0 Å². The highest BCUT2D eigenvalue weighted by Crippen LogP contribution is 2.43. The Morgan fingerprint density at radius 3 is 1.29 bits per heavy atom. The van der Waals surface area contributed by atoms with E-state index in [1.54, 1.807) is 24.3 Å². The van der Waals surface area contributed by atoms with E-state index in [4.69, 9.17) is 32.2 Å². The highest BCUT2D eigenvalue weighted by atomic mass is 35.5. The molecule has 0 spiro atoms. The standard InChI is InChI=1S/C18H20Cl2O3P/c1-17(2,13-5-9-15(19)10-6-13)22-24(21)23-18(3,4)14-7-11-16(20)12-8-14/h5-12H,1-4H3/q+1. The van der Waals surface area contributed by atoms with Crippen LogP contribution in [0.2, 0.25) is 10.0 Å². The van der Waals surface area contributed by atoms with Crippen molar-refractivity contribution in [1.29, 1.82) is 0 Å². The summed E-state index contributed by atoms with van der Waals surface area (Å²) in [6, 6.07) is 14.5. The van der Waals surface area contributed by atoms with E-state index in [2.05, 4.69) is 0 Å². The second-order valence-electron chi connectivity index (χ2n) is 6.44. The van der Waals surface area contributed by atoms with Crippen LogP contribution in [-0.2, 0) is 24.8 Å². The van der Waals surface area contributed by atoms with Gasteiger partial charge in [0.05, 0.1) is 0 Å². The van der Waals surface area contributed by atoms with Gasteiger partial charge in [-0.25, -0.2) is 0 Å². The summed E-state index contributed by atoms with van der Waals surface area (Å²) in [5.74, 6) is 0. The Morgan fingerprint density at radius 1 is 0.708 bits per heavy atom. The second-order valence-corrected chi connectivity index (χ2v) is 8.13. The van der Waals surface area contributed by atoms with Crippen molar-refractivity contribution in [3.8, 4) is 0 Å². The fraction of sp³-hybridized carbons (Fsp3) is 0.333. The van der Waals surface area contributed by atoms with Crippen LogP contribution in [0.15, 0.2) is 48.5 Å². The normalized spacial score (nSPS) is 12.2. The molecule has 0 fully saturated rings. The number of halogens is 2. The Kier molecular flexibility index (Phi) is 6.06. The molecule has 0 unspecified atom stereocenters. The van der Waals surface area contributed by atoms with Gasteiger partial charge in [0.25, 0.3) is 0 Å². The maximum atomic E-state index is 12.4. The first-order valence-electron chi connectivity index (χ1n) is 7.48. The van der Waals surface area contributed by atoms with Crippen LogP contribution < -0.4 is 0 Å². The Bertz CT molecular complexity index is 649. The average Bonchev–Trinajstić information content (AvgIpc) is 2.46. The Balaban J connectivity index is 2.08. The van der Waals surface area contributed by atoms with Crippen LogP contribution in [0.3, 0.4) is 0 Å². The van der Waals surface area contributed by atoms with E-state index in [0.717, 1.165) is 11.1 Å². The predicted molar refractivity (Wildman–Crippen MR) is 98.7 cm³/mol. The average molecular weight is 386 g/mol. The van der Waals surface area contributed by atoms with E-state index in [-0.39, 0.29) is 0 Å². The Hall–Kier alpha value is -0.960. The first-order valence-corrected chi connectivity index (χ1v) is 9.33. The van der Waals surface area contributed by atoms with Crippen molar-refractivity contribution in [1.82, 2.24) is 0 Å².